The van der Waals surface area contributed by atoms with E-state index in [0.717, 1.165) is 31.8 Å². The normalized spacial score (nSPS) is 18.2. The topological polar surface area (TPSA) is 50.4 Å². The Labute approximate surface area is 127 Å². The Morgan fingerprint density at radius 3 is 2.86 bits per heavy atom. The monoisotopic (exact) mass is 290 g/mol. The molecule has 0 aliphatic carbocycles. The van der Waals surface area contributed by atoms with Crippen molar-refractivity contribution in [3.05, 3.63) is 29.8 Å². The van der Waals surface area contributed by atoms with Crippen molar-refractivity contribution in [3.63, 3.8) is 0 Å². The Balaban J connectivity index is 1.65. The van der Waals surface area contributed by atoms with E-state index in [1.807, 2.05) is 31.2 Å². The van der Waals surface area contributed by atoms with Crippen molar-refractivity contribution < 1.29 is 9.53 Å². The molecule has 1 aliphatic rings. The van der Waals surface area contributed by atoms with Crippen LogP contribution >= 0.6 is 0 Å². The molecule has 1 aromatic carbocycles. The Bertz CT molecular complexity index is 425. The lowest BCUT2D eigenvalue weighted by Gasteiger charge is -2.22. The van der Waals surface area contributed by atoms with Gasteiger partial charge in [0.1, 0.15) is 5.75 Å². The van der Waals surface area contributed by atoms with Crippen LogP contribution in [0.2, 0.25) is 0 Å². The molecule has 116 valence electrons. The summed E-state index contributed by atoms with van der Waals surface area (Å²) in [6.07, 6.45) is 3.76. The van der Waals surface area contributed by atoms with Crippen molar-refractivity contribution in [1.29, 1.82) is 0 Å². The quantitative estimate of drug-likeness (QED) is 0.809. The van der Waals surface area contributed by atoms with Crippen LogP contribution in [-0.2, 0) is 11.2 Å². The van der Waals surface area contributed by atoms with Gasteiger partial charge in [-0.3, -0.25) is 4.79 Å². The lowest BCUT2D eigenvalue weighted by Crippen LogP contribution is -2.38. The van der Waals surface area contributed by atoms with Crippen molar-refractivity contribution in [1.82, 2.24) is 10.6 Å². The second kappa shape index (κ2) is 8.67. The van der Waals surface area contributed by atoms with Crippen molar-refractivity contribution in [3.8, 4) is 5.75 Å². The summed E-state index contributed by atoms with van der Waals surface area (Å²) in [6, 6.07) is 7.99. The Morgan fingerprint density at radius 1 is 1.38 bits per heavy atom. The summed E-state index contributed by atoms with van der Waals surface area (Å²) in [4.78, 5) is 11.9. The minimum atomic E-state index is 0.148. The van der Waals surface area contributed by atoms with E-state index >= 15 is 0 Å². The second-order valence-corrected chi connectivity index (χ2v) is 5.59. The number of nitrogens with one attached hydrogen (secondary N) is 2. The Morgan fingerprint density at radius 2 is 2.19 bits per heavy atom. The van der Waals surface area contributed by atoms with Crippen molar-refractivity contribution in [2.45, 2.75) is 32.6 Å². The van der Waals surface area contributed by atoms with Gasteiger partial charge in [-0.05, 0) is 62.9 Å². The van der Waals surface area contributed by atoms with E-state index in [9.17, 15) is 4.79 Å². The number of benzene rings is 1. The molecule has 4 heteroatoms. The van der Waals surface area contributed by atoms with Crippen LogP contribution in [-0.4, -0.2) is 32.1 Å². The largest absolute Gasteiger partial charge is 0.494 e. The van der Waals surface area contributed by atoms with E-state index in [1.165, 1.54) is 18.4 Å². The smallest absolute Gasteiger partial charge is 0.220 e. The third-order valence-electron chi connectivity index (χ3n) is 3.86. The first kappa shape index (κ1) is 15.8. The SMILES string of the molecule is CCOc1ccc(CCC(=O)NCC2CCCNC2)cc1. The predicted molar refractivity (Wildman–Crippen MR) is 84.5 cm³/mol. The molecule has 2 rings (SSSR count). The van der Waals surface area contributed by atoms with E-state index < -0.39 is 0 Å². The molecule has 0 bridgehead atoms. The van der Waals surface area contributed by atoms with Gasteiger partial charge in [-0.15, -0.1) is 0 Å². The number of hydrogen-bond donors (Lipinski definition) is 2. The third kappa shape index (κ3) is 5.76. The van der Waals surface area contributed by atoms with Crippen LogP contribution in [0.5, 0.6) is 5.75 Å². The maximum absolute atomic E-state index is 11.9. The zero-order chi connectivity index (χ0) is 14.9. The van der Waals surface area contributed by atoms with E-state index in [0.29, 0.717) is 18.9 Å². The molecule has 1 amide bonds. The number of hydrogen-bond acceptors (Lipinski definition) is 3. The number of ether oxygens (including phenoxy) is 1. The zero-order valence-electron chi connectivity index (χ0n) is 12.9. The Kier molecular flexibility index (Phi) is 6.54. The first-order valence-electron chi connectivity index (χ1n) is 7.97. The van der Waals surface area contributed by atoms with Gasteiger partial charge in [0, 0.05) is 13.0 Å². The lowest BCUT2D eigenvalue weighted by atomic mass is 10.00. The maximum atomic E-state index is 11.9. The summed E-state index contributed by atoms with van der Waals surface area (Å²) >= 11 is 0. The standard InChI is InChI=1S/C17H26N2O2/c1-2-21-16-8-5-14(6-9-16)7-10-17(20)19-13-15-4-3-11-18-12-15/h5-6,8-9,15,18H,2-4,7,10-13H2,1H3,(H,19,20). The number of carbonyl (C=O) groups is 1. The number of carbonyl (C=O) groups excluding carboxylic acids is 1. The van der Waals surface area contributed by atoms with Gasteiger partial charge in [-0.2, -0.15) is 0 Å². The number of piperidine rings is 1. The molecule has 1 fully saturated rings. The summed E-state index contributed by atoms with van der Waals surface area (Å²) in [5, 5.41) is 6.42. The van der Waals surface area contributed by atoms with Crippen LogP contribution in [0.15, 0.2) is 24.3 Å². The average molecular weight is 290 g/mol. The lowest BCUT2D eigenvalue weighted by molar-refractivity contribution is -0.121. The number of amides is 1. The van der Waals surface area contributed by atoms with Gasteiger partial charge in [0.25, 0.3) is 0 Å². The van der Waals surface area contributed by atoms with E-state index in [-0.39, 0.29) is 5.91 Å². The van der Waals surface area contributed by atoms with Crippen LogP contribution in [0.25, 0.3) is 0 Å². The van der Waals surface area contributed by atoms with Crippen LogP contribution in [0.1, 0.15) is 31.7 Å². The van der Waals surface area contributed by atoms with E-state index in [1.54, 1.807) is 0 Å². The first-order valence-corrected chi connectivity index (χ1v) is 7.97. The molecule has 1 heterocycles. The molecule has 21 heavy (non-hydrogen) atoms. The molecular formula is C17H26N2O2. The molecule has 0 saturated carbocycles. The molecule has 1 unspecified atom stereocenters. The van der Waals surface area contributed by atoms with Gasteiger partial charge in [0.15, 0.2) is 0 Å². The van der Waals surface area contributed by atoms with Gasteiger partial charge in [0.05, 0.1) is 6.61 Å². The fourth-order valence-electron chi connectivity index (χ4n) is 2.62. The van der Waals surface area contributed by atoms with Crippen LogP contribution in [0.3, 0.4) is 0 Å². The summed E-state index contributed by atoms with van der Waals surface area (Å²) < 4.78 is 5.41. The molecule has 1 atom stereocenters. The second-order valence-electron chi connectivity index (χ2n) is 5.59. The molecule has 4 nitrogen and oxygen atoms in total. The highest BCUT2D eigenvalue weighted by molar-refractivity contribution is 5.76. The van der Waals surface area contributed by atoms with Crippen molar-refractivity contribution in [2.24, 2.45) is 5.92 Å². The molecular weight excluding hydrogens is 264 g/mol. The zero-order valence-corrected chi connectivity index (χ0v) is 12.9. The highest BCUT2D eigenvalue weighted by Gasteiger charge is 2.13. The molecule has 0 radical (unpaired) electrons. The van der Waals surface area contributed by atoms with Gasteiger partial charge >= 0.3 is 0 Å². The minimum absolute atomic E-state index is 0.148. The average Bonchev–Trinajstić information content (AvgIpc) is 2.53. The minimum Gasteiger partial charge on any atom is -0.494 e. The molecule has 1 aromatic rings. The Hall–Kier alpha value is -1.55. The van der Waals surface area contributed by atoms with E-state index in [2.05, 4.69) is 10.6 Å². The van der Waals surface area contributed by atoms with Crippen molar-refractivity contribution >= 4 is 5.91 Å². The number of rotatable bonds is 7. The van der Waals surface area contributed by atoms with Gasteiger partial charge < -0.3 is 15.4 Å². The molecule has 1 saturated heterocycles. The summed E-state index contributed by atoms with van der Waals surface area (Å²) in [5.41, 5.74) is 1.17. The summed E-state index contributed by atoms with van der Waals surface area (Å²) in [5.74, 6) is 1.62. The van der Waals surface area contributed by atoms with Gasteiger partial charge in [-0.1, -0.05) is 12.1 Å². The molecule has 0 aromatic heterocycles. The molecule has 2 N–H and O–H groups in total. The maximum Gasteiger partial charge on any atom is 0.220 e. The fourth-order valence-corrected chi connectivity index (χ4v) is 2.62. The van der Waals surface area contributed by atoms with Crippen LogP contribution in [0.4, 0.5) is 0 Å². The van der Waals surface area contributed by atoms with Gasteiger partial charge in [-0.25, -0.2) is 0 Å². The van der Waals surface area contributed by atoms with Crippen LogP contribution < -0.4 is 15.4 Å². The highest BCUT2D eigenvalue weighted by atomic mass is 16.5. The first-order chi connectivity index (χ1) is 10.3. The summed E-state index contributed by atoms with van der Waals surface area (Å²) in [6.45, 7) is 5.59. The highest BCUT2D eigenvalue weighted by Crippen LogP contribution is 2.13. The van der Waals surface area contributed by atoms with Crippen LogP contribution in [0, 0.1) is 5.92 Å². The number of aryl methyl sites for hydroxylation is 1. The van der Waals surface area contributed by atoms with Crippen molar-refractivity contribution in [2.75, 3.05) is 26.2 Å². The molecule has 1 aliphatic heterocycles. The third-order valence-corrected chi connectivity index (χ3v) is 3.86. The fraction of sp³-hybridized carbons (Fsp3) is 0.588. The predicted octanol–water partition coefficient (Wildman–Crippen LogP) is 2.13. The molecule has 0 spiro atoms. The van der Waals surface area contributed by atoms with E-state index in [4.69, 9.17) is 4.74 Å². The summed E-state index contributed by atoms with van der Waals surface area (Å²) in [7, 11) is 0. The van der Waals surface area contributed by atoms with Gasteiger partial charge in [0.2, 0.25) is 5.91 Å².